The van der Waals surface area contributed by atoms with Crippen LogP contribution in [-0.4, -0.2) is 39.7 Å². The third-order valence-corrected chi connectivity index (χ3v) is 4.18. The molecule has 1 aliphatic rings. The predicted molar refractivity (Wildman–Crippen MR) is 93.2 cm³/mol. The molecule has 24 heavy (non-hydrogen) atoms. The van der Waals surface area contributed by atoms with E-state index in [9.17, 15) is 9.59 Å². The molecule has 1 unspecified atom stereocenters. The van der Waals surface area contributed by atoms with Gasteiger partial charge in [0.2, 0.25) is 5.91 Å². The van der Waals surface area contributed by atoms with Crippen LogP contribution in [0.4, 0.5) is 0 Å². The molecular formula is C16H19N3O4S. The third kappa shape index (κ3) is 5.47. The van der Waals surface area contributed by atoms with E-state index in [0.29, 0.717) is 11.8 Å². The molecule has 8 heteroatoms. The average molecular weight is 349 g/mol. The first kappa shape index (κ1) is 18.2. The quantitative estimate of drug-likeness (QED) is 0.579. The molecule has 2 rings (SSSR count). The van der Waals surface area contributed by atoms with Gasteiger partial charge in [-0.3, -0.25) is 9.59 Å². The summed E-state index contributed by atoms with van der Waals surface area (Å²) in [7, 11) is 0. The highest BCUT2D eigenvalue weighted by Gasteiger charge is 2.32. The average Bonchev–Trinajstić information content (AvgIpc) is 2.85. The number of nitrogens with zero attached hydrogens (tertiary/aromatic N) is 2. The first-order valence-electron chi connectivity index (χ1n) is 7.45. The van der Waals surface area contributed by atoms with Crippen LogP contribution in [0.3, 0.4) is 0 Å². The molecule has 2 N–H and O–H groups in total. The van der Waals surface area contributed by atoms with Crippen LogP contribution >= 0.6 is 11.8 Å². The predicted octanol–water partition coefficient (Wildman–Crippen LogP) is 2.01. The number of amides is 1. The van der Waals surface area contributed by atoms with Gasteiger partial charge in [0, 0.05) is 5.56 Å². The van der Waals surface area contributed by atoms with E-state index in [1.165, 1.54) is 0 Å². The van der Waals surface area contributed by atoms with Gasteiger partial charge >= 0.3 is 5.97 Å². The molecule has 128 valence electrons. The summed E-state index contributed by atoms with van der Waals surface area (Å²) in [5.74, 6) is -1.38. The molecule has 0 bridgehead atoms. The summed E-state index contributed by atoms with van der Waals surface area (Å²) in [4.78, 5) is 22.3. The molecule has 7 nitrogen and oxygen atoms in total. The highest BCUT2D eigenvalue weighted by Crippen LogP contribution is 2.22. The van der Waals surface area contributed by atoms with Crippen LogP contribution in [-0.2, 0) is 20.9 Å². The Hall–Kier alpha value is -2.19. The van der Waals surface area contributed by atoms with Gasteiger partial charge in [-0.1, -0.05) is 36.0 Å². The molecule has 0 radical (unpaired) electrons. The summed E-state index contributed by atoms with van der Waals surface area (Å²) in [5.41, 5.74) is 1.86. The zero-order chi connectivity index (χ0) is 17.5. The van der Waals surface area contributed by atoms with Crippen molar-refractivity contribution >= 4 is 35.0 Å². The molecule has 1 aromatic rings. The summed E-state index contributed by atoms with van der Waals surface area (Å²) in [6.07, 6.45) is 1.48. The number of rotatable bonds is 7. The maximum atomic E-state index is 11.6. The van der Waals surface area contributed by atoms with Crippen molar-refractivity contribution in [3.63, 3.8) is 0 Å². The van der Waals surface area contributed by atoms with Crippen LogP contribution in [0.25, 0.3) is 0 Å². The van der Waals surface area contributed by atoms with E-state index in [0.717, 1.165) is 22.9 Å². The van der Waals surface area contributed by atoms with E-state index in [2.05, 4.69) is 15.5 Å². The molecule has 1 atom stereocenters. The zero-order valence-corrected chi connectivity index (χ0v) is 14.2. The topological polar surface area (TPSA) is 100 Å². The Kier molecular flexibility index (Phi) is 6.51. The number of aliphatic carboxylic acids is 1. The second-order valence-electron chi connectivity index (χ2n) is 5.40. The number of amidine groups is 1. The van der Waals surface area contributed by atoms with E-state index in [-0.39, 0.29) is 18.4 Å². The fraction of sp³-hybridized carbons (Fsp3) is 0.375. The van der Waals surface area contributed by atoms with E-state index in [4.69, 9.17) is 9.84 Å². The number of ether oxygens (including phenoxy) is 1. The lowest BCUT2D eigenvalue weighted by atomic mass is 10.1. The summed E-state index contributed by atoms with van der Waals surface area (Å²) in [6, 6.07) is 7.66. The molecular weight excluding hydrogens is 330 g/mol. The van der Waals surface area contributed by atoms with Gasteiger partial charge in [0.05, 0.1) is 25.3 Å². The van der Waals surface area contributed by atoms with Crippen molar-refractivity contribution in [2.24, 2.45) is 10.2 Å². The van der Waals surface area contributed by atoms with Crippen molar-refractivity contribution in [2.75, 3.05) is 0 Å². The number of benzene rings is 1. The maximum Gasteiger partial charge on any atom is 0.305 e. The Balaban J connectivity index is 2.01. The van der Waals surface area contributed by atoms with Crippen molar-refractivity contribution in [3.05, 3.63) is 35.4 Å². The Morgan fingerprint density at radius 2 is 2.21 bits per heavy atom. The molecule has 1 amide bonds. The molecule has 1 aromatic carbocycles. The van der Waals surface area contributed by atoms with E-state index >= 15 is 0 Å². The fourth-order valence-corrected chi connectivity index (χ4v) is 2.85. The van der Waals surface area contributed by atoms with E-state index in [1.807, 2.05) is 38.1 Å². The van der Waals surface area contributed by atoms with Crippen LogP contribution in [0.2, 0.25) is 0 Å². The Morgan fingerprint density at radius 1 is 1.46 bits per heavy atom. The lowest BCUT2D eigenvalue weighted by molar-refractivity contribution is -0.138. The highest BCUT2D eigenvalue weighted by molar-refractivity contribution is 8.15. The van der Waals surface area contributed by atoms with Gasteiger partial charge in [-0.25, -0.2) is 0 Å². The Morgan fingerprint density at radius 3 is 2.92 bits per heavy atom. The Labute approximate surface area is 144 Å². The summed E-state index contributed by atoms with van der Waals surface area (Å²) >= 11 is 1.07. The van der Waals surface area contributed by atoms with Gasteiger partial charge in [-0.15, -0.1) is 5.10 Å². The van der Waals surface area contributed by atoms with Crippen LogP contribution in [0.15, 0.2) is 34.5 Å². The summed E-state index contributed by atoms with van der Waals surface area (Å²) < 4.78 is 5.60. The minimum Gasteiger partial charge on any atom is -0.481 e. The summed E-state index contributed by atoms with van der Waals surface area (Å²) in [6.45, 7) is 4.41. The number of thioether (sulfide) groups is 1. The molecule has 1 fully saturated rings. The number of nitrogens with one attached hydrogen (secondary N) is 1. The number of carbonyl (C=O) groups excluding carboxylic acids is 1. The van der Waals surface area contributed by atoms with Gasteiger partial charge in [0.15, 0.2) is 5.17 Å². The second-order valence-corrected chi connectivity index (χ2v) is 6.59. The number of carboxylic acids is 1. The molecule has 0 aliphatic carbocycles. The van der Waals surface area contributed by atoms with Crippen LogP contribution < -0.4 is 5.32 Å². The number of hydrogen-bond acceptors (Lipinski definition) is 6. The van der Waals surface area contributed by atoms with E-state index in [1.54, 1.807) is 6.21 Å². The van der Waals surface area contributed by atoms with Crippen LogP contribution in [0.5, 0.6) is 0 Å². The normalized spacial score (nSPS) is 19.4. The largest absolute Gasteiger partial charge is 0.481 e. The Bertz CT molecular complexity index is 673. The van der Waals surface area contributed by atoms with Gasteiger partial charge in [-0.2, -0.15) is 5.10 Å². The van der Waals surface area contributed by atoms with Gasteiger partial charge in [0.1, 0.15) is 5.25 Å². The minimum atomic E-state index is -1.02. The van der Waals surface area contributed by atoms with Crippen molar-refractivity contribution in [2.45, 2.75) is 38.2 Å². The molecule has 0 saturated carbocycles. The molecule has 1 aliphatic heterocycles. The lowest BCUT2D eigenvalue weighted by Gasteiger charge is -2.09. The third-order valence-electron chi connectivity index (χ3n) is 3.11. The fourth-order valence-electron chi connectivity index (χ4n) is 1.94. The molecule has 1 saturated heterocycles. The molecule has 0 spiro atoms. The molecule has 1 heterocycles. The zero-order valence-electron chi connectivity index (χ0n) is 13.4. The van der Waals surface area contributed by atoms with E-state index < -0.39 is 11.2 Å². The standard InChI is InChI=1S/C16H19N3O4S/c1-10(2)23-9-12-6-4-3-5-11(12)8-17-19-16-18-15(22)13(24-16)7-14(20)21/h3-6,8,10,13H,7,9H2,1-2H3,(H,20,21)(H,18,19,22). The number of carboxylic acid groups (broad SMARTS) is 1. The lowest BCUT2D eigenvalue weighted by Crippen LogP contribution is -2.26. The monoisotopic (exact) mass is 349 g/mol. The summed E-state index contributed by atoms with van der Waals surface area (Å²) in [5, 5.41) is 18.8. The smallest absolute Gasteiger partial charge is 0.305 e. The SMILES string of the molecule is CC(C)OCc1ccccc1C=NN=C1NC(=O)C(CC(=O)O)S1. The minimum absolute atomic E-state index is 0.131. The number of carbonyl (C=O) groups is 2. The van der Waals surface area contributed by atoms with Gasteiger partial charge in [0.25, 0.3) is 0 Å². The van der Waals surface area contributed by atoms with Crippen LogP contribution in [0, 0.1) is 0 Å². The van der Waals surface area contributed by atoms with Crippen molar-refractivity contribution in [1.82, 2.24) is 5.32 Å². The highest BCUT2D eigenvalue weighted by atomic mass is 32.2. The number of hydrogen-bond donors (Lipinski definition) is 2. The molecule has 0 aromatic heterocycles. The van der Waals surface area contributed by atoms with Crippen molar-refractivity contribution in [3.8, 4) is 0 Å². The van der Waals surface area contributed by atoms with Gasteiger partial charge in [-0.05, 0) is 19.4 Å². The first-order chi connectivity index (χ1) is 11.5. The van der Waals surface area contributed by atoms with Crippen LogP contribution in [0.1, 0.15) is 31.4 Å². The first-order valence-corrected chi connectivity index (χ1v) is 8.33. The van der Waals surface area contributed by atoms with Crippen molar-refractivity contribution < 1.29 is 19.4 Å². The van der Waals surface area contributed by atoms with Crippen molar-refractivity contribution in [1.29, 1.82) is 0 Å². The van der Waals surface area contributed by atoms with Gasteiger partial charge < -0.3 is 15.2 Å². The second kappa shape index (κ2) is 8.60. The maximum absolute atomic E-state index is 11.6.